The van der Waals surface area contributed by atoms with Crippen LogP contribution in [0.1, 0.15) is 33.6 Å². The van der Waals surface area contributed by atoms with E-state index in [1.807, 2.05) is 0 Å². The second-order valence-electron chi connectivity index (χ2n) is 3.74. The molecular formula is C10H23NO. The van der Waals surface area contributed by atoms with Crippen molar-refractivity contribution in [2.45, 2.75) is 39.7 Å². The van der Waals surface area contributed by atoms with Crippen molar-refractivity contribution in [3.8, 4) is 0 Å². The van der Waals surface area contributed by atoms with Crippen LogP contribution in [0.25, 0.3) is 0 Å². The Kier molecular flexibility index (Phi) is 7.51. The molecule has 0 aliphatic heterocycles. The first-order chi connectivity index (χ1) is 5.70. The van der Waals surface area contributed by atoms with Crippen molar-refractivity contribution in [1.29, 1.82) is 0 Å². The van der Waals surface area contributed by atoms with E-state index >= 15 is 0 Å². The standard InChI is InChI=1S/C10H23NO/c1-5-6-11-10(8-12-4)7-9(2)3/h9-11H,5-8H2,1-4H3. The third-order valence-electron chi connectivity index (χ3n) is 1.81. The number of rotatable bonds is 7. The molecule has 0 aromatic carbocycles. The van der Waals surface area contributed by atoms with Crippen LogP contribution in [0.5, 0.6) is 0 Å². The van der Waals surface area contributed by atoms with Gasteiger partial charge in [0.1, 0.15) is 0 Å². The quantitative estimate of drug-likeness (QED) is 0.636. The predicted molar refractivity (Wildman–Crippen MR) is 53.4 cm³/mol. The first-order valence-electron chi connectivity index (χ1n) is 4.93. The average Bonchev–Trinajstić information content (AvgIpc) is 2.00. The minimum Gasteiger partial charge on any atom is -0.383 e. The fourth-order valence-electron chi connectivity index (χ4n) is 1.33. The SMILES string of the molecule is CCCNC(COC)CC(C)C. The Morgan fingerprint density at radius 3 is 2.42 bits per heavy atom. The van der Waals surface area contributed by atoms with Crippen LogP contribution in [-0.2, 0) is 4.74 Å². The molecule has 0 aliphatic carbocycles. The molecule has 2 nitrogen and oxygen atoms in total. The second-order valence-corrected chi connectivity index (χ2v) is 3.74. The van der Waals surface area contributed by atoms with Crippen molar-refractivity contribution in [3.63, 3.8) is 0 Å². The Morgan fingerprint density at radius 1 is 1.33 bits per heavy atom. The summed E-state index contributed by atoms with van der Waals surface area (Å²) < 4.78 is 5.14. The van der Waals surface area contributed by atoms with E-state index in [0.717, 1.165) is 19.1 Å². The van der Waals surface area contributed by atoms with Gasteiger partial charge in [-0.05, 0) is 25.3 Å². The molecule has 1 unspecified atom stereocenters. The first-order valence-corrected chi connectivity index (χ1v) is 4.93. The molecule has 0 rings (SSSR count). The van der Waals surface area contributed by atoms with Gasteiger partial charge in [-0.25, -0.2) is 0 Å². The van der Waals surface area contributed by atoms with Crippen molar-refractivity contribution < 1.29 is 4.74 Å². The molecule has 0 radical (unpaired) electrons. The number of ether oxygens (including phenoxy) is 1. The summed E-state index contributed by atoms with van der Waals surface area (Å²) in [7, 11) is 1.76. The Bertz CT molecular complexity index is 93.8. The molecule has 12 heavy (non-hydrogen) atoms. The van der Waals surface area contributed by atoms with Crippen molar-refractivity contribution in [3.05, 3.63) is 0 Å². The summed E-state index contributed by atoms with van der Waals surface area (Å²) in [5, 5.41) is 3.48. The zero-order chi connectivity index (χ0) is 9.40. The van der Waals surface area contributed by atoms with Gasteiger partial charge in [0.15, 0.2) is 0 Å². The highest BCUT2D eigenvalue weighted by Gasteiger charge is 2.08. The fourth-order valence-corrected chi connectivity index (χ4v) is 1.33. The molecule has 0 amide bonds. The lowest BCUT2D eigenvalue weighted by Gasteiger charge is -2.19. The normalized spacial score (nSPS) is 13.8. The molecule has 1 atom stereocenters. The second kappa shape index (κ2) is 7.56. The van der Waals surface area contributed by atoms with E-state index in [2.05, 4.69) is 26.1 Å². The van der Waals surface area contributed by atoms with Crippen molar-refractivity contribution in [2.75, 3.05) is 20.3 Å². The maximum Gasteiger partial charge on any atom is 0.0615 e. The van der Waals surface area contributed by atoms with E-state index in [1.54, 1.807) is 7.11 Å². The predicted octanol–water partition coefficient (Wildman–Crippen LogP) is 2.05. The van der Waals surface area contributed by atoms with E-state index in [1.165, 1.54) is 12.8 Å². The van der Waals surface area contributed by atoms with Crippen LogP contribution >= 0.6 is 0 Å². The molecule has 0 aliphatic rings. The summed E-state index contributed by atoms with van der Waals surface area (Å²) in [5.41, 5.74) is 0. The summed E-state index contributed by atoms with van der Waals surface area (Å²) in [6, 6.07) is 0.537. The summed E-state index contributed by atoms with van der Waals surface area (Å²) in [4.78, 5) is 0. The van der Waals surface area contributed by atoms with Gasteiger partial charge in [0.05, 0.1) is 6.61 Å². The highest BCUT2D eigenvalue weighted by atomic mass is 16.5. The van der Waals surface area contributed by atoms with Gasteiger partial charge >= 0.3 is 0 Å². The van der Waals surface area contributed by atoms with Gasteiger partial charge < -0.3 is 10.1 Å². The Morgan fingerprint density at radius 2 is 2.00 bits per heavy atom. The number of nitrogens with one attached hydrogen (secondary N) is 1. The Balaban J connectivity index is 3.54. The lowest BCUT2D eigenvalue weighted by molar-refractivity contribution is 0.156. The molecule has 0 saturated heterocycles. The van der Waals surface area contributed by atoms with E-state index < -0.39 is 0 Å². The van der Waals surface area contributed by atoms with Gasteiger partial charge in [-0.2, -0.15) is 0 Å². The maximum absolute atomic E-state index is 5.14. The smallest absolute Gasteiger partial charge is 0.0615 e. The Labute approximate surface area is 76.7 Å². The number of hydrogen-bond acceptors (Lipinski definition) is 2. The lowest BCUT2D eigenvalue weighted by atomic mass is 10.0. The summed E-state index contributed by atoms with van der Waals surface area (Å²) in [6.07, 6.45) is 2.39. The molecule has 2 heteroatoms. The van der Waals surface area contributed by atoms with E-state index in [9.17, 15) is 0 Å². The first kappa shape index (κ1) is 11.9. The third kappa shape index (κ3) is 6.62. The average molecular weight is 173 g/mol. The molecule has 0 aromatic heterocycles. The minimum absolute atomic E-state index is 0.537. The molecule has 0 spiro atoms. The summed E-state index contributed by atoms with van der Waals surface area (Å²) >= 11 is 0. The van der Waals surface area contributed by atoms with Gasteiger partial charge in [-0.3, -0.25) is 0 Å². The van der Waals surface area contributed by atoms with Gasteiger partial charge in [0.25, 0.3) is 0 Å². The largest absolute Gasteiger partial charge is 0.383 e. The number of hydrogen-bond donors (Lipinski definition) is 1. The molecule has 0 bridgehead atoms. The monoisotopic (exact) mass is 173 g/mol. The van der Waals surface area contributed by atoms with Crippen LogP contribution in [-0.4, -0.2) is 26.3 Å². The summed E-state index contributed by atoms with van der Waals surface area (Å²) in [5.74, 6) is 0.745. The zero-order valence-corrected chi connectivity index (χ0v) is 8.89. The lowest BCUT2D eigenvalue weighted by Crippen LogP contribution is -2.34. The van der Waals surface area contributed by atoms with Gasteiger partial charge in [0, 0.05) is 13.2 Å². The van der Waals surface area contributed by atoms with Crippen molar-refractivity contribution in [1.82, 2.24) is 5.32 Å². The Hall–Kier alpha value is -0.0800. The molecule has 1 N–H and O–H groups in total. The van der Waals surface area contributed by atoms with Crippen LogP contribution in [0.3, 0.4) is 0 Å². The highest BCUT2D eigenvalue weighted by molar-refractivity contribution is 4.67. The van der Waals surface area contributed by atoms with E-state index in [-0.39, 0.29) is 0 Å². The third-order valence-corrected chi connectivity index (χ3v) is 1.81. The van der Waals surface area contributed by atoms with Gasteiger partial charge in [0.2, 0.25) is 0 Å². The number of methoxy groups -OCH3 is 1. The fraction of sp³-hybridized carbons (Fsp3) is 1.00. The van der Waals surface area contributed by atoms with E-state index in [0.29, 0.717) is 6.04 Å². The molecular weight excluding hydrogens is 150 g/mol. The topological polar surface area (TPSA) is 21.3 Å². The van der Waals surface area contributed by atoms with Crippen LogP contribution in [0.15, 0.2) is 0 Å². The summed E-state index contributed by atoms with van der Waals surface area (Å²) in [6.45, 7) is 8.61. The molecule has 0 fully saturated rings. The maximum atomic E-state index is 5.14. The van der Waals surface area contributed by atoms with Gasteiger partial charge in [-0.1, -0.05) is 20.8 Å². The van der Waals surface area contributed by atoms with Crippen molar-refractivity contribution >= 4 is 0 Å². The van der Waals surface area contributed by atoms with E-state index in [4.69, 9.17) is 4.74 Å². The molecule has 0 saturated carbocycles. The van der Waals surface area contributed by atoms with Gasteiger partial charge in [-0.15, -0.1) is 0 Å². The zero-order valence-electron chi connectivity index (χ0n) is 8.89. The van der Waals surface area contributed by atoms with Crippen LogP contribution in [0, 0.1) is 5.92 Å². The van der Waals surface area contributed by atoms with Crippen LogP contribution in [0.4, 0.5) is 0 Å². The highest BCUT2D eigenvalue weighted by Crippen LogP contribution is 2.04. The minimum atomic E-state index is 0.537. The molecule has 74 valence electrons. The van der Waals surface area contributed by atoms with Crippen molar-refractivity contribution in [2.24, 2.45) is 5.92 Å². The van der Waals surface area contributed by atoms with Crippen LogP contribution < -0.4 is 5.32 Å². The van der Waals surface area contributed by atoms with Crippen LogP contribution in [0.2, 0.25) is 0 Å². The molecule has 0 heterocycles. The molecule has 0 aromatic rings.